The molecule has 0 atom stereocenters. The Balaban J connectivity index is 0.000000141. The van der Waals surface area contributed by atoms with Crippen molar-refractivity contribution in [3.8, 4) is 0 Å². The molecule has 3 rings (SSSR count). The van der Waals surface area contributed by atoms with E-state index >= 15 is 0 Å². The lowest BCUT2D eigenvalue weighted by atomic mass is 10.2. The number of ether oxygens (including phenoxy) is 1. The summed E-state index contributed by atoms with van der Waals surface area (Å²) < 4.78 is 4.50. The quantitative estimate of drug-likeness (QED) is 0.673. The Hall–Kier alpha value is -2.55. The number of hydrogen-bond donors (Lipinski definition) is 1. The van der Waals surface area contributed by atoms with Crippen LogP contribution in [0, 0.1) is 0 Å². The first-order chi connectivity index (χ1) is 9.31. The van der Waals surface area contributed by atoms with Crippen molar-refractivity contribution in [2.75, 3.05) is 7.11 Å². The van der Waals surface area contributed by atoms with E-state index in [0.29, 0.717) is 5.56 Å². The molecule has 3 nitrogen and oxygen atoms in total. The van der Waals surface area contributed by atoms with Crippen molar-refractivity contribution >= 4 is 16.9 Å². The van der Waals surface area contributed by atoms with Crippen LogP contribution in [0.4, 0.5) is 0 Å². The second kappa shape index (κ2) is 6.40. The smallest absolute Gasteiger partial charge is 0.337 e. The van der Waals surface area contributed by atoms with E-state index in [9.17, 15) is 4.79 Å². The van der Waals surface area contributed by atoms with Gasteiger partial charge in [0.15, 0.2) is 0 Å². The van der Waals surface area contributed by atoms with Gasteiger partial charge in [-0.3, -0.25) is 0 Å². The predicted molar refractivity (Wildman–Crippen MR) is 76.1 cm³/mol. The molecular formula is C16H15NO2. The van der Waals surface area contributed by atoms with Gasteiger partial charge in [-0.15, -0.1) is 0 Å². The molecule has 1 N–H and O–H groups in total. The van der Waals surface area contributed by atoms with Crippen LogP contribution in [0.5, 0.6) is 0 Å². The Labute approximate surface area is 111 Å². The molecule has 96 valence electrons. The van der Waals surface area contributed by atoms with Gasteiger partial charge in [0.25, 0.3) is 0 Å². The summed E-state index contributed by atoms with van der Waals surface area (Å²) in [5, 5.41) is 1.28. The average Bonchev–Trinajstić information content (AvgIpc) is 2.96. The lowest BCUT2D eigenvalue weighted by Crippen LogP contribution is -1.99. The summed E-state index contributed by atoms with van der Waals surface area (Å²) in [5.41, 5.74) is 1.79. The van der Waals surface area contributed by atoms with E-state index in [1.807, 2.05) is 24.4 Å². The first kappa shape index (κ1) is 12.9. The summed E-state index contributed by atoms with van der Waals surface area (Å²) in [6.45, 7) is 0. The van der Waals surface area contributed by atoms with Crippen molar-refractivity contribution in [2.24, 2.45) is 0 Å². The van der Waals surface area contributed by atoms with E-state index in [2.05, 4.69) is 27.9 Å². The van der Waals surface area contributed by atoms with Gasteiger partial charge in [-0.25, -0.2) is 4.79 Å². The number of benzene rings is 2. The zero-order chi connectivity index (χ0) is 13.5. The van der Waals surface area contributed by atoms with Gasteiger partial charge >= 0.3 is 5.97 Å². The second-order valence-corrected chi connectivity index (χ2v) is 3.92. The zero-order valence-electron chi connectivity index (χ0n) is 10.7. The Bertz CT molecular complexity index is 614. The average molecular weight is 253 g/mol. The standard InChI is InChI=1S/C8H7N.C8H8O2/c1-2-4-8-7(3-1)5-6-9-8;1-10-8(9)7-5-3-2-4-6-7/h1-6,9H;2-6H,1H3. The number of fused-ring (bicyclic) bond motifs is 1. The van der Waals surface area contributed by atoms with Crippen LogP contribution in [0.15, 0.2) is 66.9 Å². The van der Waals surface area contributed by atoms with Crippen molar-refractivity contribution in [2.45, 2.75) is 0 Å². The summed E-state index contributed by atoms with van der Waals surface area (Å²) in [4.78, 5) is 13.9. The van der Waals surface area contributed by atoms with Crippen LogP contribution in [-0.2, 0) is 4.74 Å². The van der Waals surface area contributed by atoms with Crippen LogP contribution in [0.25, 0.3) is 10.9 Å². The third-order valence-corrected chi connectivity index (χ3v) is 2.66. The van der Waals surface area contributed by atoms with E-state index in [-0.39, 0.29) is 5.97 Å². The highest BCUT2D eigenvalue weighted by Gasteiger charge is 2.00. The van der Waals surface area contributed by atoms with Crippen LogP contribution in [0.1, 0.15) is 10.4 Å². The number of esters is 1. The number of nitrogens with one attached hydrogen (secondary N) is 1. The maximum Gasteiger partial charge on any atom is 0.337 e. The molecule has 19 heavy (non-hydrogen) atoms. The molecule has 1 aromatic heterocycles. The minimum Gasteiger partial charge on any atom is -0.465 e. The first-order valence-electron chi connectivity index (χ1n) is 5.97. The van der Waals surface area contributed by atoms with Gasteiger partial charge in [0.1, 0.15) is 0 Å². The van der Waals surface area contributed by atoms with Crippen molar-refractivity contribution in [1.82, 2.24) is 4.98 Å². The molecule has 0 saturated heterocycles. The number of methoxy groups -OCH3 is 1. The lowest BCUT2D eigenvalue weighted by molar-refractivity contribution is 0.0601. The zero-order valence-corrected chi connectivity index (χ0v) is 10.7. The largest absolute Gasteiger partial charge is 0.465 e. The maximum absolute atomic E-state index is 10.8. The third-order valence-electron chi connectivity index (χ3n) is 2.66. The fourth-order valence-electron chi connectivity index (χ4n) is 1.69. The van der Waals surface area contributed by atoms with Crippen molar-refractivity contribution in [3.63, 3.8) is 0 Å². The number of aromatic nitrogens is 1. The predicted octanol–water partition coefficient (Wildman–Crippen LogP) is 3.64. The Kier molecular flexibility index (Phi) is 4.34. The van der Waals surface area contributed by atoms with E-state index in [1.165, 1.54) is 18.0 Å². The summed E-state index contributed by atoms with van der Waals surface area (Å²) in [6.07, 6.45) is 1.95. The number of aromatic amines is 1. The molecule has 0 aliphatic rings. The Morgan fingerprint density at radius 2 is 1.63 bits per heavy atom. The number of H-pyrrole nitrogens is 1. The number of hydrogen-bond acceptors (Lipinski definition) is 2. The monoisotopic (exact) mass is 253 g/mol. The number of carbonyl (C=O) groups excluding carboxylic acids is 1. The molecular weight excluding hydrogens is 238 g/mol. The minimum absolute atomic E-state index is 0.291. The molecule has 0 bridgehead atoms. The second-order valence-electron chi connectivity index (χ2n) is 3.92. The number of rotatable bonds is 1. The van der Waals surface area contributed by atoms with Crippen molar-refractivity contribution in [1.29, 1.82) is 0 Å². The van der Waals surface area contributed by atoms with Gasteiger partial charge in [-0.1, -0.05) is 36.4 Å². The summed E-state index contributed by atoms with van der Waals surface area (Å²) >= 11 is 0. The molecule has 0 fully saturated rings. The van der Waals surface area contributed by atoms with Gasteiger partial charge in [0.05, 0.1) is 12.7 Å². The first-order valence-corrected chi connectivity index (χ1v) is 5.97. The van der Waals surface area contributed by atoms with E-state index < -0.39 is 0 Å². The van der Waals surface area contributed by atoms with Crippen molar-refractivity contribution in [3.05, 3.63) is 72.4 Å². The molecule has 1 heterocycles. The van der Waals surface area contributed by atoms with Crippen LogP contribution in [-0.4, -0.2) is 18.1 Å². The highest BCUT2D eigenvalue weighted by Crippen LogP contribution is 2.09. The van der Waals surface area contributed by atoms with Crippen molar-refractivity contribution < 1.29 is 9.53 Å². The number of para-hydroxylation sites is 1. The topological polar surface area (TPSA) is 42.1 Å². The fourth-order valence-corrected chi connectivity index (χ4v) is 1.69. The van der Waals surface area contributed by atoms with Gasteiger partial charge in [0.2, 0.25) is 0 Å². The minimum atomic E-state index is -0.291. The molecule has 0 amide bonds. The van der Waals surface area contributed by atoms with E-state index in [0.717, 1.165) is 0 Å². The van der Waals surface area contributed by atoms with Gasteiger partial charge < -0.3 is 9.72 Å². The third kappa shape index (κ3) is 3.45. The molecule has 3 heteroatoms. The van der Waals surface area contributed by atoms with Gasteiger partial charge in [-0.2, -0.15) is 0 Å². The van der Waals surface area contributed by atoms with Crippen LogP contribution >= 0.6 is 0 Å². The van der Waals surface area contributed by atoms with Crippen LogP contribution in [0.3, 0.4) is 0 Å². The molecule has 3 aromatic rings. The SMILES string of the molecule is COC(=O)c1ccccc1.c1ccc2[nH]ccc2c1. The Morgan fingerprint density at radius 3 is 2.32 bits per heavy atom. The fraction of sp³-hybridized carbons (Fsp3) is 0.0625. The summed E-state index contributed by atoms with van der Waals surface area (Å²) in [6, 6.07) is 19.2. The highest BCUT2D eigenvalue weighted by molar-refractivity contribution is 5.89. The summed E-state index contributed by atoms with van der Waals surface area (Å²) in [7, 11) is 1.37. The molecule has 0 saturated carbocycles. The van der Waals surface area contributed by atoms with E-state index in [4.69, 9.17) is 0 Å². The van der Waals surface area contributed by atoms with E-state index in [1.54, 1.807) is 24.3 Å². The molecule has 0 aliphatic heterocycles. The molecule has 0 unspecified atom stereocenters. The molecule has 0 aliphatic carbocycles. The van der Waals surface area contributed by atoms with Crippen LogP contribution < -0.4 is 0 Å². The normalized spacial score (nSPS) is 9.53. The van der Waals surface area contributed by atoms with Crippen LogP contribution in [0.2, 0.25) is 0 Å². The Morgan fingerprint density at radius 1 is 0.947 bits per heavy atom. The molecule has 0 spiro atoms. The highest BCUT2D eigenvalue weighted by atomic mass is 16.5. The number of carbonyl (C=O) groups is 1. The van der Waals surface area contributed by atoms with Gasteiger partial charge in [0, 0.05) is 11.7 Å². The lowest BCUT2D eigenvalue weighted by Gasteiger charge is -1.95. The molecule has 2 aromatic carbocycles. The summed E-state index contributed by atoms with van der Waals surface area (Å²) in [5.74, 6) is -0.291. The molecule has 0 radical (unpaired) electrons. The maximum atomic E-state index is 10.8. The van der Waals surface area contributed by atoms with Gasteiger partial charge in [-0.05, 0) is 29.7 Å².